The van der Waals surface area contributed by atoms with E-state index in [4.69, 9.17) is 12.2 Å². The molecule has 2 unspecified atom stereocenters. The first kappa shape index (κ1) is 11.1. The largest absolute Gasteiger partial charge is 0.345 e. The van der Waals surface area contributed by atoms with Gasteiger partial charge in [-0.2, -0.15) is 0 Å². The fourth-order valence-electron chi connectivity index (χ4n) is 1.93. The van der Waals surface area contributed by atoms with Crippen LogP contribution < -0.4 is 11.1 Å². The molecule has 3 nitrogen and oxygen atoms in total. The van der Waals surface area contributed by atoms with Gasteiger partial charge in [0.2, 0.25) is 5.91 Å². The molecule has 0 aromatic rings. The molecule has 1 amide bonds. The summed E-state index contributed by atoms with van der Waals surface area (Å²) >= 11 is 0. The molecular formula is C11H18N2O. The number of terminal acetylenes is 1. The van der Waals surface area contributed by atoms with Crippen LogP contribution in [0.5, 0.6) is 0 Å². The van der Waals surface area contributed by atoms with E-state index in [1.165, 1.54) is 6.42 Å². The van der Waals surface area contributed by atoms with Crippen LogP contribution in [0.1, 0.15) is 32.1 Å². The molecule has 0 aromatic carbocycles. The molecule has 1 aliphatic rings. The predicted octanol–water partition coefficient (Wildman–Crippen LogP) is 0.643. The Morgan fingerprint density at radius 1 is 1.43 bits per heavy atom. The molecule has 0 saturated heterocycles. The van der Waals surface area contributed by atoms with E-state index < -0.39 is 0 Å². The summed E-state index contributed by atoms with van der Waals surface area (Å²) < 4.78 is 0. The number of hydrogen-bond donors (Lipinski definition) is 2. The number of nitrogens with one attached hydrogen (secondary N) is 1. The fraction of sp³-hybridized carbons (Fsp3) is 0.727. The van der Waals surface area contributed by atoms with Crippen LogP contribution in [0.2, 0.25) is 0 Å². The Morgan fingerprint density at radius 3 is 2.86 bits per heavy atom. The first-order chi connectivity index (χ1) is 6.75. The van der Waals surface area contributed by atoms with Crippen molar-refractivity contribution in [2.75, 3.05) is 6.54 Å². The van der Waals surface area contributed by atoms with Crippen LogP contribution in [0.15, 0.2) is 0 Å². The van der Waals surface area contributed by atoms with E-state index in [9.17, 15) is 4.79 Å². The lowest BCUT2D eigenvalue weighted by atomic mass is 9.95. The van der Waals surface area contributed by atoms with Crippen molar-refractivity contribution in [1.82, 2.24) is 5.32 Å². The van der Waals surface area contributed by atoms with E-state index in [1.54, 1.807) is 0 Å². The van der Waals surface area contributed by atoms with Gasteiger partial charge in [0.05, 0.1) is 12.5 Å². The third-order valence-electron chi connectivity index (χ3n) is 2.77. The Morgan fingerprint density at radius 2 is 2.14 bits per heavy atom. The minimum absolute atomic E-state index is 0.00951. The molecule has 3 heteroatoms. The predicted molar refractivity (Wildman–Crippen MR) is 56.4 cm³/mol. The van der Waals surface area contributed by atoms with Crippen molar-refractivity contribution in [2.45, 2.75) is 38.1 Å². The maximum absolute atomic E-state index is 11.6. The van der Waals surface area contributed by atoms with E-state index >= 15 is 0 Å². The molecule has 1 saturated carbocycles. The van der Waals surface area contributed by atoms with Gasteiger partial charge >= 0.3 is 0 Å². The van der Waals surface area contributed by atoms with Gasteiger partial charge in [-0.15, -0.1) is 6.42 Å². The van der Waals surface area contributed by atoms with Crippen molar-refractivity contribution in [1.29, 1.82) is 0 Å². The lowest BCUT2D eigenvalue weighted by Gasteiger charge is -2.19. The molecule has 0 aliphatic heterocycles. The summed E-state index contributed by atoms with van der Waals surface area (Å²) in [6.07, 6.45) is 10.4. The summed E-state index contributed by atoms with van der Waals surface area (Å²) in [5, 5.41) is 2.71. The molecule has 0 radical (unpaired) electrons. The molecule has 0 spiro atoms. The van der Waals surface area contributed by atoms with Crippen molar-refractivity contribution < 1.29 is 4.79 Å². The number of nitrogens with two attached hydrogens (primary N) is 1. The van der Waals surface area contributed by atoms with Gasteiger partial charge in [-0.1, -0.05) is 25.2 Å². The van der Waals surface area contributed by atoms with Crippen LogP contribution in [0.4, 0.5) is 0 Å². The van der Waals surface area contributed by atoms with Gasteiger partial charge in [-0.3, -0.25) is 4.79 Å². The smallest absolute Gasteiger partial charge is 0.225 e. The van der Waals surface area contributed by atoms with Crippen LogP contribution in [-0.4, -0.2) is 18.5 Å². The standard InChI is InChI=1S/C11H18N2O/c1-2-8-13-11(14)9-6-4-3-5-7-10(9)12/h1,9-10H,3-8,12H2,(H,13,14). The van der Waals surface area contributed by atoms with Crippen LogP contribution in [-0.2, 0) is 4.79 Å². The normalized spacial score (nSPS) is 27.4. The Kier molecular flexibility index (Phi) is 4.48. The minimum atomic E-state index is -0.0363. The average Bonchev–Trinajstić information content (AvgIpc) is 2.39. The van der Waals surface area contributed by atoms with Gasteiger partial charge in [-0.05, 0) is 12.8 Å². The number of amides is 1. The van der Waals surface area contributed by atoms with Crippen LogP contribution in [0.25, 0.3) is 0 Å². The summed E-state index contributed by atoms with van der Waals surface area (Å²) in [5.41, 5.74) is 5.94. The minimum Gasteiger partial charge on any atom is -0.345 e. The molecule has 0 aromatic heterocycles. The second-order valence-electron chi connectivity index (χ2n) is 3.83. The molecule has 1 aliphatic carbocycles. The second-order valence-corrected chi connectivity index (χ2v) is 3.83. The Balaban J connectivity index is 2.46. The second kappa shape index (κ2) is 5.66. The van der Waals surface area contributed by atoms with Crippen molar-refractivity contribution in [3.8, 4) is 12.3 Å². The maximum atomic E-state index is 11.6. The molecule has 3 N–H and O–H groups in total. The Labute approximate surface area is 85.4 Å². The van der Waals surface area contributed by atoms with Gasteiger partial charge in [-0.25, -0.2) is 0 Å². The zero-order valence-electron chi connectivity index (χ0n) is 8.46. The molecule has 2 atom stereocenters. The van der Waals surface area contributed by atoms with Gasteiger partial charge in [0, 0.05) is 6.04 Å². The van der Waals surface area contributed by atoms with Crippen LogP contribution in [0, 0.1) is 18.3 Å². The summed E-state index contributed by atoms with van der Waals surface area (Å²) in [6.45, 7) is 0.308. The molecule has 1 rings (SSSR count). The van der Waals surface area contributed by atoms with E-state index in [-0.39, 0.29) is 17.9 Å². The molecule has 1 fully saturated rings. The highest BCUT2D eigenvalue weighted by Crippen LogP contribution is 2.22. The number of rotatable bonds is 2. The average molecular weight is 194 g/mol. The fourth-order valence-corrected chi connectivity index (χ4v) is 1.93. The number of hydrogen-bond acceptors (Lipinski definition) is 2. The molecule has 78 valence electrons. The van der Waals surface area contributed by atoms with Crippen molar-refractivity contribution >= 4 is 5.91 Å². The van der Waals surface area contributed by atoms with E-state index in [1.807, 2.05) is 0 Å². The first-order valence-electron chi connectivity index (χ1n) is 5.22. The third kappa shape index (κ3) is 3.04. The van der Waals surface area contributed by atoms with Crippen molar-refractivity contribution in [3.05, 3.63) is 0 Å². The van der Waals surface area contributed by atoms with Crippen molar-refractivity contribution in [3.63, 3.8) is 0 Å². The topological polar surface area (TPSA) is 55.1 Å². The van der Waals surface area contributed by atoms with Crippen LogP contribution in [0.3, 0.4) is 0 Å². The summed E-state index contributed by atoms with van der Waals surface area (Å²) in [7, 11) is 0. The Hall–Kier alpha value is -1.01. The molecule has 0 bridgehead atoms. The highest BCUT2D eigenvalue weighted by atomic mass is 16.1. The lowest BCUT2D eigenvalue weighted by molar-refractivity contribution is -0.125. The van der Waals surface area contributed by atoms with Gasteiger partial charge < -0.3 is 11.1 Å². The molecule has 0 heterocycles. The zero-order valence-corrected chi connectivity index (χ0v) is 8.46. The molecule has 14 heavy (non-hydrogen) atoms. The quantitative estimate of drug-likeness (QED) is 0.501. The van der Waals surface area contributed by atoms with E-state index in [0.717, 1.165) is 25.7 Å². The lowest BCUT2D eigenvalue weighted by Crippen LogP contribution is -2.41. The number of carbonyl (C=O) groups is 1. The third-order valence-corrected chi connectivity index (χ3v) is 2.77. The van der Waals surface area contributed by atoms with E-state index in [2.05, 4.69) is 11.2 Å². The first-order valence-corrected chi connectivity index (χ1v) is 5.22. The Bertz CT molecular complexity index is 232. The SMILES string of the molecule is C#CCNC(=O)C1CCCCCC1N. The van der Waals surface area contributed by atoms with Crippen molar-refractivity contribution in [2.24, 2.45) is 11.7 Å². The summed E-state index contributed by atoms with van der Waals surface area (Å²) in [4.78, 5) is 11.6. The van der Waals surface area contributed by atoms with E-state index in [0.29, 0.717) is 6.54 Å². The number of carbonyl (C=O) groups excluding carboxylic acids is 1. The van der Waals surface area contributed by atoms with Gasteiger partial charge in [0.25, 0.3) is 0 Å². The van der Waals surface area contributed by atoms with Crippen LogP contribution >= 0.6 is 0 Å². The maximum Gasteiger partial charge on any atom is 0.225 e. The summed E-state index contributed by atoms with van der Waals surface area (Å²) in [6, 6.07) is 0.00951. The highest BCUT2D eigenvalue weighted by Gasteiger charge is 2.26. The van der Waals surface area contributed by atoms with Gasteiger partial charge in [0.1, 0.15) is 0 Å². The van der Waals surface area contributed by atoms with Gasteiger partial charge in [0.15, 0.2) is 0 Å². The zero-order chi connectivity index (χ0) is 10.4. The summed E-state index contributed by atoms with van der Waals surface area (Å²) in [5.74, 6) is 2.38. The monoisotopic (exact) mass is 194 g/mol. The highest BCUT2D eigenvalue weighted by molar-refractivity contribution is 5.79. The molecular weight excluding hydrogens is 176 g/mol.